The number of likely N-dealkylation sites (N-methyl/N-ethyl adjacent to an activating group) is 1. The van der Waals surface area contributed by atoms with Gasteiger partial charge in [-0.25, -0.2) is 4.79 Å². The van der Waals surface area contributed by atoms with Crippen molar-refractivity contribution in [1.29, 1.82) is 0 Å². The van der Waals surface area contributed by atoms with Crippen molar-refractivity contribution in [3.8, 4) is 0 Å². The van der Waals surface area contributed by atoms with E-state index in [9.17, 15) is 9.59 Å². The molecule has 112 valence electrons. The molecule has 0 unspecified atom stereocenters. The third-order valence-corrected chi connectivity index (χ3v) is 3.76. The first kappa shape index (κ1) is 15.6. The molecule has 0 radical (unpaired) electrons. The number of aliphatic carboxylic acids is 1. The van der Waals surface area contributed by atoms with Crippen LogP contribution in [0.25, 0.3) is 6.08 Å². The van der Waals surface area contributed by atoms with Gasteiger partial charge in [-0.15, -0.1) is 0 Å². The summed E-state index contributed by atoms with van der Waals surface area (Å²) in [6.07, 6.45) is 4.76. The molecule has 1 aromatic rings. The van der Waals surface area contributed by atoms with Crippen LogP contribution in [0.5, 0.6) is 0 Å². The summed E-state index contributed by atoms with van der Waals surface area (Å²) in [7, 11) is 1.85. The van der Waals surface area contributed by atoms with Gasteiger partial charge >= 0.3 is 5.97 Å². The Kier molecular flexibility index (Phi) is 5.01. The highest BCUT2D eigenvalue weighted by Crippen LogP contribution is 2.27. The quantitative estimate of drug-likeness (QED) is 0.770. The molecule has 5 nitrogen and oxygen atoms in total. The predicted octanol–water partition coefficient (Wildman–Crippen LogP) is 2.26. The van der Waals surface area contributed by atoms with Crippen LogP contribution in [0.2, 0.25) is 0 Å². The smallest absolute Gasteiger partial charge is 0.328 e. The summed E-state index contributed by atoms with van der Waals surface area (Å²) in [6.45, 7) is 0.291. The Morgan fingerprint density at radius 1 is 1.48 bits per heavy atom. The van der Waals surface area contributed by atoms with E-state index in [1.165, 1.54) is 6.08 Å². The Morgan fingerprint density at radius 2 is 2.19 bits per heavy atom. The standard InChI is InChI=1S/C15H17BrN2O3/c1-18(9-14(19)17-11-4-5-11)13-6-2-10(8-12(13)16)3-7-15(20)21/h2-3,6-8,11H,4-5,9H2,1H3,(H,17,19)(H,20,21)/b7-3+. The lowest BCUT2D eigenvalue weighted by atomic mass is 10.2. The maximum Gasteiger partial charge on any atom is 0.328 e. The summed E-state index contributed by atoms with van der Waals surface area (Å²) >= 11 is 3.45. The average Bonchev–Trinajstić information content (AvgIpc) is 3.19. The number of rotatable bonds is 6. The van der Waals surface area contributed by atoms with E-state index in [1.807, 2.05) is 30.1 Å². The summed E-state index contributed by atoms with van der Waals surface area (Å²) in [6, 6.07) is 5.85. The van der Waals surface area contributed by atoms with Crippen molar-refractivity contribution in [3.05, 3.63) is 34.3 Å². The summed E-state index contributed by atoms with van der Waals surface area (Å²) in [5.74, 6) is -0.967. The number of benzene rings is 1. The molecule has 0 bridgehead atoms. The maximum absolute atomic E-state index is 11.8. The van der Waals surface area contributed by atoms with E-state index < -0.39 is 5.97 Å². The first-order valence-corrected chi connectivity index (χ1v) is 7.46. The molecule has 0 atom stereocenters. The molecule has 0 spiro atoms. The maximum atomic E-state index is 11.8. The van der Waals surface area contributed by atoms with E-state index in [4.69, 9.17) is 5.11 Å². The minimum atomic E-state index is -0.982. The van der Waals surface area contributed by atoms with E-state index in [0.717, 1.165) is 34.6 Å². The fourth-order valence-corrected chi connectivity index (χ4v) is 2.60. The van der Waals surface area contributed by atoms with Crippen LogP contribution in [0.3, 0.4) is 0 Å². The van der Waals surface area contributed by atoms with Crippen LogP contribution < -0.4 is 10.2 Å². The Morgan fingerprint density at radius 3 is 2.76 bits per heavy atom. The zero-order valence-electron chi connectivity index (χ0n) is 11.7. The zero-order valence-corrected chi connectivity index (χ0v) is 13.3. The number of halogens is 1. The van der Waals surface area contributed by atoms with Gasteiger partial charge in [0.05, 0.1) is 12.2 Å². The van der Waals surface area contributed by atoms with Crippen LogP contribution >= 0.6 is 15.9 Å². The van der Waals surface area contributed by atoms with E-state index in [-0.39, 0.29) is 5.91 Å². The monoisotopic (exact) mass is 352 g/mol. The molecular formula is C15H17BrN2O3. The van der Waals surface area contributed by atoms with Crippen molar-refractivity contribution in [2.75, 3.05) is 18.5 Å². The number of carboxylic acids is 1. The van der Waals surface area contributed by atoms with Crippen LogP contribution in [0.1, 0.15) is 18.4 Å². The average molecular weight is 353 g/mol. The fraction of sp³-hybridized carbons (Fsp3) is 0.333. The highest BCUT2D eigenvalue weighted by atomic mass is 79.9. The normalized spacial score (nSPS) is 14.2. The van der Waals surface area contributed by atoms with Gasteiger partial charge in [0.2, 0.25) is 5.91 Å². The van der Waals surface area contributed by atoms with Gasteiger partial charge in [0, 0.05) is 23.6 Å². The molecule has 2 rings (SSSR count). The van der Waals surface area contributed by atoms with Crippen LogP contribution in [0.4, 0.5) is 5.69 Å². The number of nitrogens with zero attached hydrogens (tertiary/aromatic N) is 1. The van der Waals surface area contributed by atoms with Crippen molar-refractivity contribution >= 4 is 39.6 Å². The first-order chi connectivity index (χ1) is 9.95. The summed E-state index contributed by atoms with van der Waals surface area (Å²) in [4.78, 5) is 24.1. The number of carbonyl (C=O) groups is 2. The third-order valence-electron chi connectivity index (χ3n) is 3.12. The van der Waals surface area contributed by atoms with Gasteiger partial charge in [0.25, 0.3) is 0 Å². The highest BCUT2D eigenvalue weighted by Gasteiger charge is 2.23. The third kappa shape index (κ3) is 4.90. The lowest BCUT2D eigenvalue weighted by Crippen LogP contribution is -2.36. The van der Waals surface area contributed by atoms with Crippen molar-refractivity contribution in [1.82, 2.24) is 5.32 Å². The number of nitrogens with one attached hydrogen (secondary N) is 1. The lowest BCUT2D eigenvalue weighted by molar-refractivity contribution is -0.131. The van der Waals surface area contributed by atoms with Crippen molar-refractivity contribution in [3.63, 3.8) is 0 Å². The molecule has 0 aromatic heterocycles. The number of hydrogen-bond donors (Lipinski definition) is 2. The van der Waals surface area contributed by atoms with E-state index in [0.29, 0.717) is 12.6 Å². The zero-order chi connectivity index (χ0) is 15.4. The molecular weight excluding hydrogens is 336 g/mol. The molecule has 1 saturated carbocycles. The van der Waals surface area contributed by atoms with Gasteiger partial charge in [-0.2, -0.15) is 0 Å². The number of hydrogen-bond acceptors (Lipinski definition) is 3. The van der Waals surface area contributed by atoms with Gasteiger partial charge in [-0.05, 0) is 52.5 Å². The predicted molar refractivity (Wildman–Crippen MR) is 85.2 cm³/mol. The molecule has 0 aliphatic heterocycles. The summed E-state index contributed by atoms with van der Waals surface area (Å²) in [5.41, 5.74) is 1.66. The fourth-order valence-electron chi connectivity index (χ4n) is 1.91. The second-order valence-electron chi connectivity index (χ2n) is 5.08. The van der Waals surface area contributed by atoms with Gasteiger partial charge in [-0.3, -0.25) is 4.79 Å². The van der Waals surface area contributed by atoms with Gasteiger partial charge in [0.15, 0.2) is 0 Å². The molecule has 0 heterocycles. The second-order valence-corrected chi connectivity index (χ2v) is 5.93. The lowest BCUT2D eigenvalue weighted by Gasteiger charge is -2.20. The van der Waals surface area contributed by atoms with Crippen LogP contribution in [0.15, 0.2) is 28.7 Å². The number of amides is 1. The van der Waals surface area contributed by atoms with Crippen molar-refractivity contribution in [2.45, 2.75) is 18.9 Å². The molecule has 1 aliphatic carbocycles. The molecule has 2 N–H and O–H groups in total. The SMILES string of the molecule is CN(CC(=O)NC1CC1)c1ccc(/C=C/C(=O)O)cc1Br. The van der Waals surface area contributed by atoms with E-state index in [1.54, 1.807) is 0 Å². The van der Waals surface area contributed by atoms with Crippen molar-refractivity contribution < 1.29 is 14.7 Å². The minimum absolute atomic E-state index is 0.0155. The van der Waals surface area contributed by atoms with Crippen LogP contribution in [0, 0.1) is 0 Å². The number of carbonyl (C=O) groups excluding carboxylic acids is 1. The Hall–Kier alpha value is -1.82. The van der Waals surface area contributed by atoms with Crippen LogP contribution in [-0.4, -0.2) is 36.6 Å². The molecule has 1 aromatic carbocycles. The van der Waals surface area contributed by atoms with Crippen LogP contribution in [-0.2, 0) is 9.59 Å². The molecule has 1 fully saturated rings. The number of carboxylic acid groups (broad SMARTS) is 1. The van der Waals surface area contributed by atoms with Crippen molar-refractivity contribution in [2.24, 2.45) is 0 Å². The van der Waals surface area contributed by atoms with E-state index in [2.05, 4.69) is 21.2 Å². The Balaban J connectivity index is 2.01. The largest absolute Gasteiger partial charge is 0.478 e. The second kappa shape index (κ2) is 6.76. The molecule has 0 saturated heterocycles. The molecule has 21 heavy (non-hydrogen) atoms. The van der Waals surface area contributed by atoms with Gasteiger partial charge in [0.1, 0.15) is 0 Å². The number of anilines is 1. The molecule has 1 amide bonds. The van der Waals surface area contributed by atoms with Gasteiger partial charge in [-0.1, -0.05) is 6.07 Å². The Labute approximate surface area is 131 Å². The van der Waals surface area contributed by atoms with E-state index >= 15 is 0 Å². The molecule has 6 heteroatoms. The minimum Gasteiger partial charge on any atom is -0.478 e. The summed E-state index contributed by atoms with van der Waals surface area (Å²) in [5, 5.41) is 11.6. The van der Waals surface area contributed by atoms with Gasteiger partial charge < -0.3 is 15.3 Å². The Bertz CT molecular complexity index is 582. The first-order valence-electron chi connectivity index (χ1n) is 6.67. The molecule has 1 aliphatic rings. The topological polar surface area (TPSA) is 69.6 Å². The highest BCUT2D eigenvalue weighted by molar-refractivity contribution is 9.10. The summed E-state index contributed by atoms with van der Waals surface area (Å²) < 4.78 is 0.816.